The molecule has 15 heteroatoms. The first-order chi connectivity index (χ1) is 23.0. The van der Waals surface area contributed by atoms with Crippen molar-refractivity contribution in [1.82, 2.24) is 19.6 Å². The second-order valence-corrected chi connectivity index (χ2v) is 13.4. The Bertz CT molecular complexity index is 1500. The van der Waals surface area contributed by atoms with Crippen molar-refractivity contribution >= 4 is 29.2 Å². The van der Waals surface area contributed by atoms with Crippen molar-refractivity contribution in [1.29, 1.82) is 0 Å². The van der Waals surface area contributed by atoms with Gasteiger partial charge in [0.25, 0.3) is 0 Å². The maximum atomic E-state index is 13.9. The lowest BCUT2D eigenvalue weighted by atomic mass is 9.90. The van der Waals surface area contributed by atoms with Gasteiger partial charge in [-0.3, -0.25) is 9.59 Å². The van der Waals surface area contributed by atoms with Crippen molar-refractivity contribution in [2.45, 2.75) is 69.4 Å². The molecule has 268 valence electrons. The van der Waals surface area contributed by atoms with Crippen LogP contribution in [0, 0.1) is 5.92 Å². The van der Waals surface area contributed by atoms with Crippen LogP contribution >= 0.6 is 0 Å². The standard InChI is InChI=1S/C34H42F6N6O3/c1-43(2)24-8-14-45(15-9-24)31(48)23(17-21-18-26(33(35,36)37)30(41)27(19-21)34(38,39)40)20-29(47)44-12-10-25(11-13-44)46-16-7-22-5-3-4-6-28(22)42-32(46)49/h3-6,18-19,23-25H,7-17,20,41H2,1-2H3,(H,42,49)/t23-/m0/s1. The number of likely N-dealkylation sites (tertiary alicyclic amines) is 2. The van der Waals surface area contributed by atoms with Crippen molar-refractivity contribution in [2.24, 2.45) is 5.92 Å². The third-order valence-corrected chi connectivity index (χ3v) is 10.0. The summed E-state index contributed by atoms with van der Waals surface area (Å²) in [4.78, 5) is 47.5. The van der Waals surface area contributed by atoms with Gasteiger partial charge in [-0.05, 0) is 81.9 Å². The molecule has 49 heavy (non-hydrogen) atoms. The van der Waals surface area contributed by atoms with E-state index < -0.39 is 53.3 Å². The number of piperidine rings is 2. The van der Waals surface area contributed by atoms with Crippen LogP contribution in [0.5, 0.6) is 0 Å². The Morgan fingerprint density at radius 1 is 0.898 bits per heavy atom. The number of amides is 4. The predicted molar refractivity (Wildman–Crippen MR) is 171 cm³/mol. The first-order valence-corrected chi connectivity index (χ1v) is 16.5. The minimum absolute atomic E-state index is 0.134. The first kappa shape index (κ1) is 36.3. The van der Waals surface area contributed by atoms with E-state index in [1.54, 1.807) is 14.7 Å². The normalized spacial score (nSPS) is 19.0. The second kappa shape index (κ2) is 14.5. The van der Waals surface area contributed by atoms with Crippen LogP contribution in [-0.2, 0) is 34.8 Å². The third-order valence-electron chi connectivity index (χ3n) is 10.0. The van der Waals surface area contributed by atoms with E-state index in [1.807, 2.05) is 43.3 Å². The van der Waals surface area contributed by atoms with E-state index in [0.29, 0.717) is 63.9 Å². The molecule has 0 aromatic heterocycles. The van der Waals surface area contributed by atoms with Crippen molar-refractivity contribution in [2.75, 3.05) is 57.9 Å². The molecule has 0 saturated carbocycles. The number of nitrogens with two attached hydrogens (primary N) is 1. The number of urea groups is 1. The molecule has 3 aliphatic heterocycles. The number of halogens is 6. The predicted octanol–water partition coefficient (Wildman–Crippen LogP) is 5.49. The molecule has 2 aromatic rings. The quantitative estimate of drug-likeness (QED) is 0.295. The summed E-state index contributed by atoms with van der Waals surface area (Å²) in [6.45, 7) is 1.77. The van der Waals surface area contributed by atoms with E-state index in [4.69, 9.17) is 5.73 Å². The lowest BCUT2D eigenvalue weighted by molar-refractivity contribution is -0.143. The van der Waals surface area contributed by atoms with Crippen LogP contribution in [0.2, 0.25) is 0 Å². The van der Waals surface area contributed by atoms with Crippen LogP contribution in [0.15, 0.2) is 36.4 Å². The minimum atomic E-state index is -5.17. The summed E-state index contributed by atoms with van der Waals surface area (Å²) in [5, 5.41) is 2.95. The van der Waals surface area contributed by atoms with Gasteiger partial charge in [0.05, 0.1) is 22.7 Å². The Hall–Kier alpha value is -4.01. The lowest BCUT2D eigenvalue weighted by Crippen LogP contribution is -2.51. The van der Waals surface area contributed by atoms with Crippen LogP contribution in [0.1, 0.15) is 54.4 Å². The Labute approximate surface area is 281 Å². The number of hydrogen-bond acceptors (Lipinski definition) is 5. The molecule has 5 rings (SSSR count). The number of hydrogen-bond donors (Lipinski definition) is 2. The maximum Gasteiger partial charge on any atom is 0.418 e. The molecule has 0 aliphatic carbocycles. The zero-order valence-electron chi connectivity index (χ0n) is 27.5. The maximum absolute atomic E-state index is 13.9. The number of nitrogen functional groups attached to an aromatic ring is 1. The summed E-state index contributed by atoms with van der Waals surface area (Å²) >= 11 is 0. The summed E-state index contributed by atoms with van der Waals surface area (Å²) in [6, 6.07) is 8.51. The zero-order valence-corrected chi connectivity index (χ0v) is 27.5. The Morgan fingerprint density at radius 3 is 2.04 bits per heavy atom. The van der Waals surface area contributed by atoms with Crippen molar-refractivity contribution in [3.8, 4) is 0 Å². The van der Waals surface area contributed by atoms with Crippen molar-refractivity contribution in [3.63, 3.8) is 0 Å². The average molecular weight is 697 g/mol. The molecule has 3 aliphatic rings. The summed E-state index contributed by atoms with van der Waals surface area (Å²) in [7, 11) is 3.84. The van der Waals surface area contributed by atoms with Gasteiger partial charge in [-0.2, -0.15) is 26.3 Å². The molecule has 0 unspecified atom stereocenters. The topological polar surface area (TPSA) is 102 Å². The SMILES string of the molecule is CN(C)C1CCN(C(=O)[C@H](CC(=O)N2CCC(N3CCc4ccccc4NC3=O)CC2)Cc2cc(C(F)(F)F)c(N)c(C(F)(F)F)c2)CC1. The molecule has 0 spiro atoms. The number of carbonyl (C=O) groups is 3. The molecule has 2 fully saturated rings. The highest BCUT2D eigenvalue weighted by molar-refractivity contribution is 5.91. The van der Waals surface area contributed by atoms with Crippen LogP contribution in [0.3, 0.4) is 0 Å². The zero-order chi connectivity index (χ0) is 35.7. The molecule has 2 aromatic carbocycles. The molecule has 0 radical (unpaired) electrons. The highest BCUT2D eigenvalue weighted by atomic mass is 19.4. The van der Waals surface area contributed by atoms with Gasteiger partial charge in [0.2, 0.25) is 11.8 Å². The monoisotopic (exact) mass is 696 g/mol. The number of rotatable bonds is 7. The molecule has 3 N–H and O–H groups in total. The van der Waals surface area contributed by atoms with Gasteiger partial charge in [-0.25, -0.2) is 4.79 Å². The van der Waals surface area contributed by atoms with Crippen molar-refractivity contribution < 1.29 is 40.7 Å². The lowest BCUT2D eigenvalue weighted by Gasteiger charge is -2.39. The Balaban J connectivity index is 1.32. The van der Waals surface area contributed by atoms with E-state index in [9.17, 15) is 40.7 Å². The molecule has 2 saturated heterocycles. The number of benzene rings is 2. The number of carbonyl (C=O) groups excluding carboxylic acids is 3. The summed E-state index contributed by atoms with van der Waals surface area (Å²) in [5.74, 6) is -2.10. The van der Waals surface area contributed by atoms with Crippen molar-refractivity contribution in [3.05, 3.63) is 58.7 Å². The molecular formula is C34H42F6N6O3. The number of para-hydroxylation sites is 1. The number of nitrogens with one attached hydrogen (secondary N) is 1. The average Bonchev–Trinajstić information content (AvgIpc) is 3.21. The first-order valence-electron chi connectivity index (χ1n) is 16.5. The molecule has 0 bridgehead atoms. The number of fused-ring (bicyclic) bond motifs is 1. The van der Waals surface area contributed by atoms with E-state index in [-0.39, 0.29) is 43.2 Å². The molecule has 3 heterocycles. The highest BCUT2D eigenvalue weighted by Crippen LogP contribution is 2.42. The van der Waals surface area contributed by atoms with Gasteiger partial charge >= 0.3 is 18.4 Å². The van der Waals surface area contributed by atoms with Crippen LogP contribution in [-0.4, -0.2) is 96.3 Å². The highest BCUT2D eigenvalue weighted by Gasteiger charge is 2.42. The molecule has 1 atom stereocenters. The van der Waals surface area contributed by atoms with E-state index in [2.05, 4.69) is 5.32 Å². The number of nitrogens with zero attached hydrogens (tertiary/aromatic N) is 4. The van der Waals surface area contributed by atoms with E-state index >= 15 is 0 Å². The fraction of sp³-hybridized carbons (Fsp3) is 0.559. The number of alkyl halides is 6. The van der Waals surface area contributed by atoms with Crippen LogP contribution in [0.25, 0.3) is 0 Å². The largest absolute Gasteiger partial charge is 0.418 e. The minimum Gasteiger partial charge on any atom is -0.398 e. The van der Waals surface area contributed by atoms with Gasteiger partial charge in [0.1, 0.15) is 0 Å². The van der Waals surface area contributed by atoms with Gasteiger partial charge in [0.15, 0.2) is 0 Å². The van der Waals surface area contributed by atoms with E-state index in [0.717, 1.165) is 11.3 Å². The third kappa shape index (κ3) is 8.42. The Morgan fingerprint density at radius 2 is 1.47 bits per heavy atom. The fourth-order valence-corrected chi connectivity index (χ4v) is 7.20. The van der Waals surface area contributed by atoms with Crippen LogP contribution < -0.4 is 11.1 Å². The van der Waals surface area contributed by atoms with Gasteiger partial charge in [0, 0.05) is 56.9 Å². The summed E-state index contributed by atoms with van der Waals surface area (Å²) in [5.41, 5.74) is 2.05. The van der Waals surface area contributed by atoms with Gasteiger partial charge in [-0.15, -0.1) is 0 Å². The molecular weight excluding hydrogens is 654 g/mol. The second-order valence-electron chi connectivity index (χ2n) is 13.4. The van der Waals surface area contributed by atoms with Crippen LogP contribution in [0.4, 0.5) is 42.5 Å². The Kier molecular flexibility index (Phi) is 10.7. The summed E-state index contributed by atoms with van der Waals surface area (Å²) in [6.07, 6.45) is -8.31. The molecule has 4 amide bonds. The van der Waals surface area contributed by atoms with E-state index in [1.165, 1.54) is 0 Å². The summed E-state index contributed by atoms with van der Waals surface area (Å²) < 4.78 is 82.8. The smallest absolute Gasteiger partial charge is 0.398 e. The van der Waals surface area contributed by atoms with Gasteiger partial charge in [-0.1, -0.05) is 18.2 Å². The number of anilines is 2. The molecule has 9 nitrogen and oxygen atoms in total. The van der Waals surface area contributed by atoms with Gasteiger partial charge < -0.3 is 30.7 Å². The fourth-order valence-electron chi connectivity index (χ4n) is 7.20.